The van der Waals surface area contributed by atoms with Crippen molar-refractivity contribution in [3.63, 3.8) is 0 Å². The van der Waals surface area contributed by atoms with Gasteiger partial charge in [0.1, 0.15) is 6.10 Å². The lowest BCUT2D eigenvalue weighted by molar-refractivity contribution is -0.135. The maximum atomic E-state index is 12.3. The van der Waals surface area contributed by atoms with Gasteiger partial charge in [0.05, 0.1) is 12.6 Å². The van der Waals surface area contributed by atoms with Crippen LogP contribution in [0.4, 0.5) is 0 Å². The SMILES string of the molecule is CC(C)CC(NC(=O)C1CNCCO1)c1ccc(Cl)cc1. The van der Waals surface area contributed by atoms with Gasteiger partial charge in [-0.2, -0.15) is 0 Å². The first-order valence-electron chi connectivity index (χ1n) is 7.44. The number of rotatable bonds is 5. The van der Waals surface area contributed by atoms with Crippen LogP contribution in [0.2, 0.25) is 5.02 Å². The molecule has 1 fully saturated rings. The van der Waals surface area contributed by atoms with Crippen molar-refractivity contribution < 1.29 is 9.53 Å². The van der Waals surface area contributed by atoms with E-state index in [1.54, 1.807) is 0 Å². The summed E-state index contributed by atoms with van der Waals surface area (Å²) in [6.45, 7) is 6.24. The number of hydrogen-bond donors (Lipinski definition) is 2. The molecule has 1 saturated heterocycles. The Labute approximate surface area is 131 Å². The first-order valence-corrected chi connectivity index (χ1v) is 7.82. The summed E-state index contributed by atoms with van der Waals surface area (Å²) in [5, 5.41) is 6.98. The lowest BCUT2D eigenvalue weighted by Crippen LogP contribution is -2.48. The summed E-state index contributed by atoms with van der Waals surface area (Å²) < 4.78 is 5.50. The number of benzene rings is 1. The highest BCUT2D eigenvalue weighted by Gasteiger charge is 2.25. The van der Waals surface area contributed by atoms with E-state index in [0.717, 1.165) is 18.5 Å². The summed E-state index contributed by atoms with van der Waals surface area (Å²) >= 11 is 5.93. The van der Waals surface area contributed by atoms with Gasteiger partial charge in [-0.05, 0) is 30.0 Å². The highest BCUT2D eigenvalue weighted by molar-refractivity contribution is 6.30. The van der Waals surface area contributed by atoms with Gasteiger partial charge in [-0.25, -0.2) is 0 Å². The fourth-order valence-electron chi connectivity index (χ4n) is 2.44. The highest BCUT2D eigenvalue weighted by Crippen LogP contribution is 2.23. The predicted molar refractivity (Wildman–Crippen MR) is 84.4 cm³/mol. The van der Waals surface area contributed by atoms with E-state index in [4.69, 9.17) is 16.3 Å². The third-order valence-corrected chi connectivity index (χ3v) is 3.77. The maximum absolute atomic E-state index is 12.3. The molecule has 1 aliphatic heterocycles. The normalized spacial score (nSPS) is 20.3. The minimum absolute atomic E-state index is 0.0136. The van der Waals surface area contributed by atoms with Crippen LogP contribution in [0.1, 0.15) is 31.9 Å². The molecule has 21 heavy (non-hydrogen) atoms. The van der Waals surface area contributed by atoms with Gasteiger partial charge in [-0.1, -0.05) is 37.6 Å². The average Bonchev–Trinajstić information content (AvgIpc) is 2.48. The van der Waals surface area contributed by atoms with Crippen molar-refractivity contribution in [3.8, 4) is 0 Å². The molecule has 1 aromatic rings. The van der Waals surface area contributed by atoms with Crippen molar-refractivity contribution in [2.45, 2.75) is 32.4 Å². The zero-order valence-electron chi connectivity index (χ0n) is 12.6. The fourth-order valence-corrected chi connectivity index (χ4v) is 2.57. The molecule has 1 aliphatic rings. The van der Waals surface area contributed by atoms with Crippen LogP contribution >= 0.6 is 11.6 Å². The lowest BCUT2D eigenvalue weighted by Gasteiger charge is -2.27. The van der Waals surface area contributed by atoms with E-state index in [-0.39, 0.29) is 11.9 Å². The zero-order chi connectivity index (χ0) is 15.2. The first kappa shape index (κ1) is 16.3. The van der Waals surface area contributed by atoms with Gasteiger partial charge in [-0.3, -0.25) is 4.79 Å². The third-order valence-electron chi connectivity index (χ3n) is 3.52. The van der Waals surface area contributed by atoms with E-state index in [1.807, 2.05) is 24.3 Å². The molecule has 1 aromatic carbocycles. The topological polar surface area (TPSA) is 50.4 Å². The number of ether oxygens (including phenoxy) is 1. The van der Waals surface area contributed by atoms with E-state index in [1.165, 1.54) is 0 Å². The van der Waals surface area contributed by atoms with Gasteiger partial charge >= 0.3 is 0 Å². The van der Waals surface area contributed by atoms with Crippen molar-refractivity contribution >= 4 is 17.5 Å². The van der Waals surface area contributed by atoms with E-state index in [9.17, 15) is 4.79 Å². The van der Waals surface area contributed by atoms with Crippen LogP contribution in [0, 0.1) is 5.92 Å². The van der Waals surface area contributed by atoms with Gasteiger partial charge in [0.25, 0.3) is 5.91 Å². The quantitative estimate of drug-likeness (QED) is 0.878. The van der Waals surface area contributed by atoms with Crippen molar-refractivity contribution in [1.82, 2.24) is 10.6 Å². The Morgan fingerprint density at radius 3 is 2.71 bits per heavy atom. The number of nitrogens with one attached hydrogen (secondary N) is 2. The Bertz CT molecular complexity index is 456. The maximum Gasteiger partial charge on any atom is 0.250 e. The minimum atomic E-state index is -0.402. The summed E-state index contributed by atoms with van der Waals surface area (Å²) in [4.78, 5) is 12.3. The smallest absolute Gasteiger partial charge is 0.250 e. The second kappa shape index (κ2) is 7.78. The van der Waals surface area contributed by atoms with Gasteiger partial charge in [0.15, 0.2) is 0 Å². The molecule has 1 amide bonds. The monoisotopic (exact) mass is 310 g/mol. The van der Waals surface area contributed by atoms with Crippen LogP contribution in [0.5, 0.6) is 0 Å². The molecule has 0 saturated carbocycles. The van der Waals surface area contributed by atoms with Gasteiger partial charge in [0.2, 0.25) is 0 Å². The van der Waals surface area contributed by atoms with Crippen molar-refractivity contribution in [2.75, 3.05) is 19.7 Å². The summed E-state index contributed by atoms with van der Waals surface area (Å²) in [7, 11) is 0. The Hall–Kier alpha value is -1.10. The minimum Gasteiger partial charge on any atom is -0.366 e. The molecule has 2 rings (SSSR count). The largest absolute Gasteiger partial charge is 0.366 e. The van der Waals surface area contributed by atoms with Gasteiger partial charge in [0, 0.05) is 18.1 Å². The van der Waals surface area contributed by atoms with E-state index in [2.05, 4.69) is 24.5 Å². The van der Waals surface area contributed by atoms with E-state index in [0.29, 0.717) is 24.1 Å². The van der Waals surface area contributed by atoms with Crippen molar-refractivity contribution in [2.24, 2.45) is 5.92 Å². The fraction of sp³-hybridized carbons (Fsp3) is 0.562. The molecule has 0 aliphatic carbocycles. The summed E-state index contributed by atoms with van der Waals surface area (Å²) in [6, 6.07) is 7.63. The third kappa shape index (κ3) is 4.99. The average molecular weight is 311 g/mol. The standard InChI is InChI=1S/C16H23ClN2O2/c1-11(2)9-14(12-3-5-13(17)6-4-12)19-16(20)15-10-18-7-8-21-15/h3-6,11,14-15,18H,7-10H2,1-2H3,(H,19,20). The summed E-state index contributed by atoms with van der Waals surface area (Å²) in [6.07, 6.45) is 0.480. The van der Waals surface area contributed by atoms with Crippen molar-refractivity contribution in [3.05, 3.63) is 34.9 Å². The number of amides is 1. The van der Waals surface area contributed by atoms with Crippen LogP contribution in [-0.4, -0.2) is 31.7 Å². The molecule has 4 nitrogen and oxygen atoms in total. The van der Waals surface area contributed by atoms with E-state index < -0.39 is 6.10 Å². The van der Waals surface area contributed by atoms with Crippen LogP contribution < -0.4 is 10.6 Å². The van der Waals surface area contributed by atoms with Gasteiger partial charge < -0.3 is 15.4 Å². The number of carbonyl (C=O) groups excluding carboxylic acids is 1. The molecular formula is C16H23ClN2O2. The lowest BCUT2D eigenvalue weighted by atomic mass is 9.96. The molecule has 1 heterocycles. The van der Waals surface area contributed by atoms with Crippen molar-refractivity contribution in [1.29, 1.82) is 0 Å². The Morgan fingerprint density at radius 1 is 1.43 bits per heavy atom. The second-order valence-electron chi connectivity index (χ2n) is 5.81. The summed E-state index contributed by atoms with van der Waals surface area (Å²) in [5.74, 6) is 0.430. The van der Waals surface area contributed by atoms with Gasteiger partial charge in [-0.15, -0.1) is 0 Å². The first-order chi connectivity index (χ1) is 10.1. The van der Waals surface area contributed by atoms with Crippen LogP contribution in [0.25, 0.3) is 0 Å². The number of hydrogen-bond acceptors (Lipinski definition) is 3. The molecule has 0 bridgehead atoms. The summed E-state index contributed by atoms with van der Waals surface area (Å²) in [5.41, 5.74) is 1.07. The molecule has 0 spiro atoms. The molecule has 5 heteroatoms. The Morgan fingerprint density at radius 2 is 2.14 bits per heavy atom. The van der Waals surface area contributed by atoms with Crippen LogP contribution in [0.15, 0.2) is 24.3 Å². The highest BCUT2D eigenvalue weighted by atomic mass is 35.5. The molecule has 0 radical (unpaired) electrons. The van der Waals surface area contributed by atoms with E-state index >= 15 is 0 Å². The van der Waals surface area contributed by atoms with Crippen LogP contribution in [-0.2, 0) is 9.53 Å². The second-order valence-corrected chi connectivity index (χ2v) is 6.24. The molecule has 2 atom stereocenters. The zero-order valence-corrected chi connectivity index (χ0v) is 13.3. The molecular weight excluding hydrogens is 288 g/mol. The molecule has 0 aromatic heterocycles. The molecule has 2 N–H and O–H groups in total. The predicted octanol–water partition coefficient (Wildman–Crippen LogP) is 2.53. The number of halogens is 1. The number of carbonyl (C=O) groups is 1. The molecule has 116 valence electrons. The molecule has 2 unspecified atom stereocenters. The number of morpholine rings is 1. The van der Waals surface area contributed by atoms with Crippen LogP contribution in [0.3, 0.4) is 0 Å². The Kier molecular flexibility index (Phi) is 6.03. The Balaban J connectivity index is 2.05.